The highest BCUT2D eigenvalue weighted by atomic mass is 16.2. The maximum Gasteiger partial charge on any atom is 0.254 e. The first kappa shape index (κ1) is 14.9. The Morgan fingerprint density at radius 2 is 2.00 bits per heavy atom. The highest BCUT2D eigenvalue weighted by Gasteiger charge is 2.38. The van der Waals surface area contributed by atoms with Gasteiger partial charge in [-0.25, -0.2) is 0 Å². The van der Waals surface area contributed by atoms with E-state index in [1.165, 1.54) is 23.1 Å². The number of hydrogen-bond donors (Lipinski definition) is 0. The monoisotopic (exact) mass is 330 g/mol. The van der Waals surface area contributed by atoms with Gasteiger partial charge in [0.1, 0.15) is 0 Å². The largest absolute Gasteiger partial charge is 0.335 e. The Balaban J connectivity index is 1.46. The van der Waals surface area contributed by atoms with Crippen molar-refractivity contribution in [3.05, 3.63) is 64.7 Å². The zero-order valence-electron chi connectivity index (χ0n) is 14.3. The molecule has 126 valence electrons. The van der Waals surface area contributed by atoms with Crippen LogP contribution < -0.4 is 0 Å². The number of carbonyl (C=O) groups is 1. The predicted molar refractivity (Wildman–Crippen MR) is 99.9 cm³/mol. The predicted octanol–water partition coefficient (Wildman–Crippen LogP) is 4.28. The summed E-state index contributed by atoms with van der Waals surface area (Å²) in [6, 6.07) is 15.2. The van der Waals surface area contributed by atoms with Crippen molar-refractivity contribution in [3.63, 3.8) is 0 Å². The number of nitrogens with zero attached hydrogens (tertiary/aromatic N) is 2. The van der Waals surface area contributed by atoms with E-state index in [0.29, 0.717) is 12.0 Å². The maximum absolute atomic E-state index is 13.2. The molecular formula is C22H22N2O. The van der Waals surface area contributed by atoms with Crippen LogP contribution in [0.4, 0.5) is 5.69 Å². The molecule has 0 spiro atoms. The molecule has 0 unspecified atom stereocenters. The Morgan fingerprint density at radius 1 is 1.08 bits per heavy atom. The fourth-order valence-electron chi connectivity index (χ4n) is 4.85. The summed E-state index contributed by atoms with van der Waals surface area (Å²) in [6.07, 6.45) is 7.25. The van der Waals surface area contributed by atoms with Gasteiger partial charge in [0, 0.05) is 36.7 Å². The van der Waals surface area contributed by atoms with Crippen molar-refractivity contribution in [3.8, 4) is 0 Å². The van der Waals surface area contributed by atoms with E-state index < -0.39 is 0 Å². The Bertz CT molecular complexity index is 870. The van der Waals surface area contributed by atoms with Gasteiger partial charge in [-0.05, 0) is 54.5 Å². The van der Waals surface area contributed by atoms with E-state index in [9.17, 15) is 4.79 Å². The van der Waals surface area contributed by atoms with Crippen LogP contribution in [0, 0.1) is 0 Å². The lowest BCUT2D eigenvalue weighted by Crippen LogP contribution is -2.49. The molecule has 0 bridgehead atoms. The highest BCUT2D eigenvalue weighted by Crippen LogP contribution is 2.41. The molecule has 3 nitrogen and oxygen atoms in total. The van der Waals surface area contributed by atoms with Crippen LogP contribution in [0.25, 0.3) is 0 Å². The average molecular weight is 330 g/mol. The number of benzene rings is 2. The number of carbonyl (C=O) groups excluding carboxylic acids is 1. The third-order valence-corrected chi connectivity index (χ3v) is 6.08. The molecule has 2 heterocycles. The molecule has 3 aliphatic rings. The molecule has 0 aromatic heterocycles. The van der Waals surface area contributed by atoms with Crippen LogP contribution in [0.2, 0.25) is 0 Å². The van der Waals surface area contributed by atoms with Crippen molar-refractivity contribution in [1.29, 1.82) is 0 Å². The minimum absolute atomic E-state index is 0.180. The first-order chi connectivity index (χ1) is 12.3. The van der Waals surface area contributed by atoms with Gasteiger partial charge in [-0.2, -0.15) is 0 Å². The van der Waals surface area contributed by atoms with Gasteiger partial charge in [0.2, 0.25) is 0 Å². The van der Waals surface area contributed by atoms with Crippen molar-refractivity contribution in [1.82, 2.24) is 4.90 Å². The van der Waals surface area contributed by atoms with E-state index >= 15 is 0 Å². The number of hydrogen-bond acceptors (Lipinski definition) is 2. The second-order valence-electron chi connectivity index (χ2n) is 7.41. The smallest absolute Gasteiger partial charge is 0.254 e. The molecule has 5 rings (SSSR count). The van der Waals surface area contributed by atoms with E-state index in [1.807, 2.05) is 18.3 Å². The molecule has 0 N–H and O–H groups in total. The molecule has 3 heteroatoms. The van der Waals surface area contributed by atoms with Crippen LogP contribution in [-0.4, -0.2) is 29.6 Å². The van der Waals surface area contributed by atoms with Gasteiger partial charge >= 0.3 is 0 Å². The summed E-state index contributed by atoms with van der Waals surface area (Å²) in [5.41, 5.74) is 5.92. The summed E-state index contributed by atoms with van der Waals surface area (Å²) in [6.45, 7) is 0.877. The van der Waals surface area contributed by atoms with Gasteiger partial charge in [-0.3, -0.25) is 9.79 Å². The lowest BCUT2D eigenvalue weighted by atomic mass is 9.74. The quantitative estimate of drug-likeness (QED) is 0.768. The second-order valence-corrected chi connectivity index (χ2v) is 7.41. The van der Waals surface area contributed by atoms with Crippen LogP contribution >= 0.6 is 0 Å². The van der Waals surface area contributed by atoms with Crippen LogP contribution in [-0.2, 0) is 12.8 Å². The highest BCUT2D eigenvalue weighted by molar-refractivity contribution is 5.96. The molecule has 25 heavy (non-hydrogen) atoms. The summed E-state index contributed by atoms with van der Waals surface area (Å²) in [4.78, 5) is 19.8. The molecule has 2 aromatic carbocycles. The molecule has 0 radical (unpaired) electrons. The van der Waals surface area contributed by atoms with E-state index in [4.69, 9.17) is 0 Å². The van der Waals surface area contributed by atoms with Crippen LogP contribution in [0.1, 0.15) is 52.2 Å². The van der Waals surface area contributed by atoms with E-state index in [2.05, 4.69) is 40.2 Å². The topological polar surface area (TPSA) is 32.7 Å². The number of aryl methyl sites for hydroxylation is 1. The molecule has 1 amide bonds. The Hall–Kier alpha value is -2.42. The Morgan fingerprint density at radius 3 is 2.96 bits per heavy atom. The third-order valence-electron chi connectivity index (χ3n) is 6.08. The van der Waals surface area contributed by atoms with Crippen molar-refractivity contribution in [2.45, 2.75) is 44.1 Å². The maximum atomic E-state index is 13.2. The molecule has 2 aromatic rings. The van der Waals surface area contributed by atoms with Gasteiger partial charge < -0.3 is 4.90 Å². The summed E-state index contributed by atoms with van der Waals surface area (Å²) < 4.78 is 0. The second kappa shape index (κ2) is 5.83. The first-order valence-corrected chi connectivity index (χ1v) is 9.35. The van der Waals surface area contributed by atoms with Crippen molar-refractivity contribution in [2.75, 3.05) is 6.54 Å². The SMILES string of the molecule is O=C(c1ccc2c(c1)N=CC2)N1CCC[C@H]2c3ccccc3CC[C@H]21. The number of amides is 1. The van der Waals surface area contributed by atoms with Crippen molar-refractivity contribution >= 4 is 17.8 Å². The van der Waals surface area contributed by atoms with Gasteiger partial charge in [0.05, 0.1) is 5.69 Å². The minimum atomic E-state index is 0.180. The summed E-state index contributed by atoms with van der Waals surface area (Å²) >= 11 is 0. The summed E-state index contributed by atoms with van der Waals surface area (Å²) in [5, 5.41) is 0. The third kappa shape index (κ3) is 2.41. The van der Waals surface area contributed by atoms with Gasteiger partial charge in [0.15, 0.2) is 0 Å². The average Bonchev–Trinajstić information content (AvgIpc) is 3.14. The van der Waals surface area contributed by atoms with Crippen molar-refractivity contribution < 1.29 is 4.79 Å². The molecule has 0 saturated carbocycles. The Labute approximate surface area is 148 Å². The molecular weight excluding hydrogens is 308 g/mol. The minimum Gasteiger partial charge on any atom is -0.335 e. The zero-order valence-corrected chi connectivity index (χ0v) is 14.3. The van der Waals surface area contributed by atoms with Crippen LogP contribution in [0.15, 0.2) is 47.5 Å². The lowest BCUT2D eigenvalue weighted by Gasteiger charge is -2.45. The van der Waals surface area contributed by atoms with E-state index in [1.54, 1.807) is 0 Å². The standard InChI is InChI=1S/C22H22N2O/c25-22(17-8-7-16-11-12-23-20(16)14-17)24-13-3-6-19-18-5-2-1-4-15(18)9-10-21(19)24/h1-2,4-5,7-8,12,14,19,21H,3,6,9-11,13H2/t19-,21+/m0/s1. The van der Waals surface area contributed by atoms with Crippen LogP contribution in [0.5, 0.6) is 0 Å². The fraction of sp³-hybridized carbons (Fsp3) is 0.364. The van der Waals surface area contributed by atoms with Gasteiger partial charge in [-0.15, -0.1) is 0 Å². The van der Waals surface area contributed by atoms with Gasteiger partial charge in [-0.1, -0.05) is 30.3 Å². The molecule has 1 aliphatic carbocycles. The number of fused-ring (bicyclic) bond motifs is 4. The molecule has 1 fully saturated rings. The Kier molecular flexibility index (Phi) is 3.47. The molecule has 2 aliphatic heterocycles. The lowest BCUT2D eigenvalue weighted by molar-refractivity contribution is 0.0547. The van der Waals surface area contributed by atoms with Crippen LogP contribution in [0.3, 0.4) is 0 Å². The first-order valence-electron chi connectivity index (χ1n) is 9.35. The normalized spacial score (nSPS) is 23.8. The number of rotatable bonds is 1. The fourth-order valence-corrected chi connectivity index (χ4v) is 4.85. The number of piperidine rings is 1. The summed E-state index contributed by atoms with van der Waals surface area (Å²) in [5.74, 6) is 0.675. The van der Waals surface area contributed by atoms with E-state index in [-0.39, 0.29) is 5.91 Å². The number of aliphatic imine (C=N–C) groups is 1. The molecule has 1 saturated heterocycles. The summed E-state index contributed by atoms with van der Waals surface area (Å²) in [7, 11) is 0. The number of likely N-dealkylation sites (tertiary alicyclic amines) is 1. The van der Waals surface area contributed by atoms with E-state index in [0.717, 1.165) is 43.5 Å². The van der Waals surface area contributed by atoms with Crippen molar-refractivity contribution in [2.24, 2.45) is 4.99 Å². The molecule has 2 atom stereocenters. The van der Waals surface area contributed by atoms with Gasteiger partial charge in [0.25, 0.3) is 5.91 Å². The zero-order chi connectivity index (χ0) is 16.8.